The molecule has 4 heteroatoms. The number of halogens is 1. The van der Waals surface area contributed by atoms with Crippen molar-refractivity contribution in [2.24, 2.45) is 0 Å². The van der Waals surface area contributed by atoms with Gasteiger partial charge in [-0.3, -0.25) is 9.18 Å². The zero-order valence-corrected chi connectivity index (χ0v) is 10.2. The Hall–Kier alpha value is -0.250. The van der Waals surface area contributed by atoms with Crippen LogP contribution in [0.4, 0.5) is 4.39 Å². The first-order valence-corrected chi connectivity index (χ1v) is 6.67. The largest absolute Gasteiger partial charge is 0.480 e. The fourth-order valence-corrected chi connectivity index (χ4v) is 2.40. The van der Waals surface area contributed by atoms with E-state index in [0.29, 0.717) is 6.42 Å². The molecule has 0 rings (SSSR count). The fraction of sp³-hybridized carbons (Fsp3) is 0.909. The summed E-state index contributed by atoms with van der Waals surface area (Å²) in [6.45, 7) is 1.80. The summed E-state index contributed by atoms with van der Waals surface area (Å²) in [4.78, 5) is 10.8. The van der Waals surface area contributed by atoms with Gasteiger partial charge < -0.3 is 5.11 Å². The first kappa shape index (κ1) is 14.8. The van der Waals surface area contributed by atoms with Gasteiger partial charge in [-0.2, -0.15) is 0 Å². The lowest BCUT2D eigenvalue weighted by atomic mass is 10.2. The number of rotatable bonds is 10. The van der Waals surface area contributed by atoms with Crippen molar-refractivity contribution in [2.75, 3.05) is 12.4 Å². The Morgan fingerprint density at radius 3 is 2.60 bits per heavy atom. The number of aliphatic carboxylic acids is 1. The van der Waals surface area contributed by atoms with Gasteiger partial charge in [-0.25, -0.2) is 0 Å². The van der Waals surface area contributed by atoms with Crippen LogP contribution in [0.3, 0.4) is 0 Å². The first-order chi connectivity index (χ1) is 7.22. The van der Waals surface area contributed by atoms with Gasteiger partial charge >= 0.3 is 5.97 Å². The summed E-state index contributed by atoms with van der Waals surface area (Å²) in [6.07, 6.45) is 5.14. The maximum absolute atomic E-state index is 11.8. The molecule has 1 unspecified atom stereocenters. The third-order valence-electron chi connectivity index (χ3n) is 2.19. The van der Waals surface area contributed by atoms with E-state index in [0.717, 1.165) is 37.9 Å². The van der Waals surface area contributed by atoms with E-state index < -0.39 is 5.97 Å². The summed E-state index contributed by atoms with van der Waals surface area (Å²) in [6, 6.07) is 0. The van der Waals surface area contributed by atoms with Crippen LogP contribution in [-0.4, -0.2) is 28.8 Å². The molecule has 0 heterocycles. The van der Waals surface area contributed by atoms with Gasteiger partial charge in [0.2, 0.25) is 0 Å². The highest BCUT2D eigenvalue weighted by Crippen LogP contribution is 2.19. The lowest BCUT2D eigenvalue weighted by Gasteiger charge is -2.10. The molecule has 1 N–H and O–H groups in total. The molecule has 2 nitrogen and oxygen atoms in total. The van der Waals surface area contributed by atoms with Crippen molar-refractivity contribution in [1.82, 2.24) is 0 Å². The Bertz CT molecular complexity index is 165. The quantitative estimate of drug-likeness (QED) is 0.590. The number of carboxylic acid groups (broad SMARTS) is 1. The van der Waals surface area contributed by atoms with Crippen molar-refractivity contribution in [3.63, 3.8) is 0 Å². The minimum atomic E-state index is -0.709. The van der Waals surface area contributed by atoms with E-state index in [2.05, 4.69) is 6.92 Å². The van der Waals surface area contributed by atoms with Crippen LogP contribution < -0.4 is 0 Å². The Morgan fingerprint density at radius 2 is 2.07 bits per heavy atom. The maximum Gasteiger partial charge on any atom is 0.316 e. The number of hydrogen-bond donors (Lipinski definition) is 1. The van der Waals surface area contributed by atoms with Crippen molar-refractivity contribution in [3.8, 4) is 0 Å². The molecule has 0 aliphatic rings. The van der Waals surface area contributed by atoms with E-state index >= 15 is 0 Å². The number of thioether (sulfide) groups is 1. The molecule has 0 amide bonds. The molecule has 0 saturated carbocycles. The third kappa shape index (κ3) is 8.73. The molecule has 90 valence electrons. The summed E-state index contributed by atoms with van der Waals surface area (Å²) in [5.74, 6) is 0.125. The molecule has 0 aromatic carbocycles. The van der Waals surface area contributed by atoms with E-state index in [1.165, 1.54) is 11.8 Å². The second kappa shape index (κ2) is 10.3. The molecular formula is C11H21FO2S. The molecule has 0 radical (unpaired) electrons. The standard InChI is InChI=1S/C11H21FO2S/c1-2-3-7-10(11(13)14)15-9-6-4-5-8-12/h10H,2-9H2,1H3,(H,13,14). The molecule has 0 aliphatic heterocycles. The summed E-state index contributed by atoms with van der Waals surface area (Å²) < 4.78 is 11.8. The fourth-order valence-electron chi connectivity index (χ4n) is 1.27. The maximum atomic E-state index is 11.8. The number of unbranched alkanes of at least 4 members (excludes halogenated alkanes) is 3. The van der Waals surface area contributed by atoms with Gasteiger partial charge in [0.05, 0.1) is 6.67 Å². The van der Waals surface area contributed by atoms with Crippen LogP contribution in [0.25, 0.3) is 0 Å². The number of alkyl halides is 1. The van der Waals surface area contributed by atoms with Gasteiger partial charge in [0.25, 0.3) is 0 Å². The van der Waals surface area contributed by atoms with Crippen LogP contribution in [0.15, 0.2) is 0 Å². The summed E-state index contributed by atoms with van der Waals surface area (Å²) >= 11 is 1.50. The lowest BCUT2D eigenvalue weighted by Crippen LogP contribution is -2.16. The van der Waals surface area contributed by atoms with E-state index in [1.807, 2.05) is 0 Å². The zero-order chi connectivity index (χ0) is 11.5. The molecule has 0 aromatic rings. The van der Waals surface area contributed by atoms with E-state index in [-0.39, 0.29) is 11.9 Å². The molecular weight excluding hydrogens is 215 g/mol. The SMILES string of the molecule is CCCCC(SCCCCCF)C(=O)O. The summed E-state index contributed by atoms with van der Waals surface area (Å²) in [5, 5.41) is 8.65. The Labute approximate surface area is 95.6 Å². The van der Waals surface area contributed by atoms with Crippen LogP contribution in [0.1, 0.15) is 45.4 Å². The zero-order valence-electron chi connectivity index (χ0n) is 9.38. The van der Waals surface area contributed by atoms with Gasteiger partial charge in [0.15, 0.2) is 0 Å². The monoisotopic (exact) mass is 236 g/mol. The Balaban J connectivity index is 3.53. The van der Waals surface area contributed by atoms with Crippen LogP contribution in [0, 0.1) is 0 Å². The smallest absolute Gasteiger partial charge is 0.316 e. The van der Waals surface area contributed by atoms with Crippen molar-refractivity contribution in [2.45, 2.75) is 50.7 Å². The molecule has 0 aromatic heterocycles. The second-order valence-electron chi connectivity index (χ2n) is 3.59. The lowest BCUT2D eigenvalue weighted by molar-refractivity contribution is -0.136. The Morgan fingerprint density at radius 1 is 1.33 bits per heavy atom. The van der Waals surface area contributed by atoms with Crippen LogP contribution >= 0.6 is 11.8 Å². The van der Waals surface area contributed by atoms with Crippen LogP contribution in [0.5, 0.6) is 0 Å². The van der Waals surface area contributed by atoms with Crippen molar-refractivity contribution < 1.29 is 14.3 Å². The molecule has 0 fully saturated rings. The topological polar surface area (TPSA) is 37.3 Å². The molecule has 15 heavy (non-hydrogen) atoms. The van der Waals surface area contributed by atoms with Crippen LogP contribution in [-0.2, 0) is 4.79 Å². The highest BCUT2D eigenvalue weighted by molar-refractivity contribution is 8.00. The second-order valence-corrected chi connectivity index (χ2v) is 4.90. The average Bonchev–Trinajstić information content (AvgIpc) is 2.21. The van der Waals surface area contributed by atoms with Gasteiger partial charge in [0.1, 0.15) is 5.25 Å². The number of carboxylic acids is 1. The number of carbonyl (C=O) groups is 1. The van der Waals surface area contributed by atoms with E-state index in [9.17, 15) is 9.18 Å². The van der Waals surface area contributed by atoms with E-state index in [1.54, 1.807) is 0 Å². The molecule has 0 bridgehead atoms. The van der Waals surface area contributed by atoms with Gasteiger partial charge in [0, 0.05) is 0 Å². The molecule has 0 saturated heterocycles. The third-order valence-corrected chi connectivity index (χ3v) is 3.56. The normalized spacial score (nSPS) is 12.7. The van der Waals surface area contributed by atoms with E-state index in [4.69, 9.17) is 5.11 Å². The van der Waals surface area contributed by atoms with Gasteiger partial charge in [-0.15, -0.1) is 11.8 Å². The van der Waals surface area contributed by atoms with Gasteiger partial charge in [-0.05, 0) is 25.0 Å². The predicted octanol–water partition coefficient (Wildman–Crippen LogP) is 3.50. The number of hydrogen-bond acceptors (Lipinski definition) is 2. The molecule has 0 spiro atoms. The summed E-state index contributed by atoms with van der Waals surface area (Å²) in [7, 11) is 0. The molecule has 1 atom stereocenters. The minimum Gasteiger partial charge on any atom is -0.480 e. The highest BCUT2D eigenvalue weighted by Gasteiger charge is 2.16. The van der Waals surface area contributed by atoms with Crippen molar-refractivity contribution in [1.29, 1.82) is 0 Å². The average molecular weight is 236 g/mol. The predicted molar refractivity (Wildman–Crippen MR) is 63.2 cm³/mol. The first-order valence-electron chi connectivity index (χ1n) is 5.62. The minimum absolute atomic E-state index is 0.261. The highest BCUT2D eigenvalue weighted by atomic mass is 32.2. The van der Waals surface area contributed by atoms with Crippen LogP contribution in [0.2, 0.25) is 0 Å². The van der Waals surface area contributed by atoms with Gasteiger partial charge in [-0.1, -0.05) is 26.2 Å². The molecule has 0 aliphatic carbocycles. The Kier molecular flexibility index (Phi) is 10.1. The van der Waals surface area contributed by atoms with Crippen molar-refractivity contribution in [3.05, 3.63) is 0 Å². The summed E-state index contributed by atoms with van der Waals surface area (Å²) in [5.41, 5.74) is 0. The van der Waals surface area contributed by atoms with Crippen molar-refractivity contribution >= 4 is 17.7 Å².